The number of nitrogens with one attached hydrogen (secondary N) is 3. The quantitative estimate of drug-likeness (QED) is 0.389. The molecule has 0 aromatic heterocycles. The Hall–Kier alpha value is -3.06. The molecule has 0 saturated heterocycles. The van der Waals surface area contributed by atoms with Gasteiger partial charge >= 0.3 is 0 Å². The van der Waals surface area contributed by atoms with Gasteiger partial charge in [0.1, 0.15) is 11.5 Å². The molecule has 0 bridgehead atoms. The Labute approximate surface area is 170 Å². The number of rotatable bonds is 6. The molecule has 0 aliphatic rings. The lowest BCUT2D eigenvalue weighted by atomic mass is 10.0. The Morgan fingerprint density at radius 1 is 1.04 bits per heavy atom. The van der Waals surface area contributed by atoms with Crippen LogP contribution >= 0.6 is 12.2 Å². The number of hydrogen-bond acceptors (Lipinski definition) is 4. The molecule has 1 amide bonds. The van der Waals surface area contributed by atoms with Crippen LogP contribution in [0.5, 0.6) is 11.5 Å². The summed E-state index contributed by atoms with van der Waals surface area (Å²) in [7, 11) is 3.14. The summed E-state index contributed by atoms with van der Waals surface area (Å²) >= 11 is 5.19. The average Bonchev–Trinajstić information content (AvgIpc) is 2.70. The Balaban J connectivity index is 1.86. The lowest BCUT2D eigenvalue weighted by Gasteiger charge is -2.12. The second-order valence-electron chi connectivity index (χ2n) is 6.29. The molecule has 6 nitrogen and oxygen atoms in total. The number of hydrogen-bond donors (Lipinski definition) is 3. The van der Waals surface area contributed by atoms with E-state index in [1.807, 2.05) is 30.3 Å². The van der Waals surface area contributed by atoms with Gasteiger partial charge in [-0.05, 0) is 54.0 Å². The number of hydrazine groups is 1. The van der Waals surface area contributed by atoms with Crippen molar-refractivity contribution in [2.75, 3.05) is 19.5 Å². The maximum Gasteiger partial charge on any atom is 0.262 e. The SMILES string of the molecule is COc1ccc(/C=C/C(=O)NNC(=S)Nc2ccc(C(C)C)cc2)c(OC)c1. The van der Waals surface area contributed by atoms with Crippen LogP contribution in [0.2, 0.25) is 0 Å². The normalized spacial score (nSPS) is 10.6. The van der Waals surface area contributed by atoms with E-state index < -0.39 is 0 Å². The van der Waals surface area contributed by atoms with Crippen molar-refractivity contribution in [3.63, 3.8) is 0 Å². The minimum absolute atomic E-state index is 0.293. The lowest BCUT2D eigenvalue weighted by Crippen LogP contribution is -2.43. The maximum absolute atomic E-state index is 12.0. The third-order valence-corrected chi connectivity index (χ3v) is 4.19. The second-order valence-corrected chi connectivity index (χ2v) is 6.69. The minimum atomic E-state index is -0.350. The summed E-state index contributed by atoms with van der Waals surface area (Å²) in [5.41, 5.74) is 8.03. The third kappa shape index (κ3) is 6.28. The number of benzene rings is 2. The molecule has 2 aromatic carbocycles. The van der Waals surface area contributed by atoms with E-state index in [0.717, 1.165) is 11.3 Å². The zero-order valence-electron chi connectivity index (χ0n) is 16.4. The molecule has 0 atom stereocenters. The fourth-order valence-electron chi connectivity index (χ4n) is 2.40. The molecule has 2 aromatic rings. The van der Waals surface area contributed by atoms with Crippen LogP contribution in [0.25, 0.3) is 6.08 Å². The number of carbonyl (C=O) groups excluding carboxylic acids is 1. The standard InChI is InChI=1S/C21H25N3O3S/c1-14(2)15-5-9-17(10-6-15)22-21(28)24-23-20(25)12-8-16-7-11-18(26-3)13-19(16)27-4/h5-14H,1-4H3,(H,23,25)(H2,22,24,28)/b12-8+. The first-order chi connectivity index (χ1) is 13.4. The van der Waals surface area contributed by atoms with E-state index >= 15 is 0 Å². The Morgan fingerprint density at radius 3 is 2.36 bits per heavy atom. The number of anilines is 1. The molecule has 7 heteroatoms. The van der Waals surface area contributed by atoms with Crippen LogP contribution in [-0.4, -0.2) is 25.2 Å². The maximum atomic E-state index is 12.0. The number of carbonyl (C=O) groups is 1. The topological polar surface area (TPSA) is 71.6 Å². The van der Waals surface area contributed by atoms with E-state index in [2.05, 4.69) is 30.0 Å². The van der Waals surface area contributed by atoms with E-state index in [1.165, 1.54) is 11.6 Å². The zero-order chi connectivity index (χ0) is 20.5. The van der Waals surface area contributed by atoms with Gasteiger partial charge in [0, 0.05) is 23.4 Å². The van der Waals surface area contributed by atoms with Gasteiger partial charge in [0.2, 0.25) is 0 Å². The van der Waals surface area contributed by atoms with Crippen LogP contribution in [-0.2, 0) is 4.79 Å². The van der Waals surface area contributed by atoms with E-state index in [4.69, 9.17) is 21.7 Å². The van der Waals surface area contributed by atoms with E-state index in [9.17, 15) is 4.79 Å². The average molecular weight is 400 g/mol. The van der Waals surface area contributed by atoms with E-state index in [-0.39, 0.29) is 5.91 Å². The van der Waals surface area contributed by atoms with Crippen molar-refractivity contribution in [3.05, 3.63) is 59.7 Å². The van der Waals surface area contributed by atoms with Crippen LogP contribution in [0.4, 0.5) is 5.69 Å². The van der Waals surface area contributed by atoms with E-state index in [1.54, 1.807) is 32.4 Å². The van der Waals surface area contributed by atoms with Crippen molar-refractivity contribution in [2.24, 2.45) is 0 Å². The largest absolute Gasteiger partial charge is 0.497 e. The van der Waals surface area contributed by atoms with Crippen LogP contribution in [0.1, 0.15) is 30.9 Å². The first-order valence-corrected chi connectivity index (χ1v) is 9.20. The molecule has 3 N–H and O–H groups in total. The van der Waals surface area contributed by atoms with Gasteiger partial charge in [-0.25, -0.2) is 0 Å². The summed E-state index contributed by atoms with van der Waals surface area (Å²) in [6.07, 6.45) is 3.04. The monoisotopic (exact) mass is 399 g/mol. The van der Waals surface area contributed by atoms with Crippen molar-refractivity contribution in [2.45, 2.75) is 19.8 Å². The van der Waals surface area contributed by atoms with Gasteiger partial charge in [0.25, 0.3) is 5.91 Å². The summed E-state index contributed by atoms with van der Waals surface area (Å²) in [5.74, 6) is 1.41. The molecule has 148 valence electrons. The molecule has 28 heavy (non-hydrogen) atoms. The van der Waals surface area contributed by atoms with Crippen molar-refractivity contribution >= 4 is 35.0 Å². The first-order valence-electron chi connectivity index (χ1n) is 8.80. The molecular formula is C21H25N3O3S. The van der Waals surface area contributed by atoms with Crippen LogP contribution < -0.4 is 25.6 Å². The summed E-state index contributed by atoms with van der Waals surface area (Å²) in [4.78, 5) is 12.0. The predicted octanol–water partition coefficient (Wildman–Crippen LogP) is 3.86. The van der Waals surface area contributed by atoms with E-state index in [0.29, 0.717) is 22.5 Å². The second kappa shape index (κ2) is 10.3. The van der Waals surface area contributed by atoms with Gasteiger partial charge in [-0.15, -0.1) is 0 Å². The number of ether oxygens (including phenoxy) is 2. The molecule has 0 spiro atoms. The molecular weight excluding hydrogens is 374 g/mol. The molecule has 0 heterocycles. The Bertz CT molecular complexity index is 848. The number of amides is 1. The van der Waals surface area contributed by atoms with Crippen LogP contribution in [0.15, 0.2) is 48.5 Å². The molecule has 0 fully saturated rings. The zero-order valence-corrected chi connectivity index (χ0v) is 17.2. The molecule has 0 aliphatic carbocycles. The van der Waals surface area contributed by atoms with Gasteiger partial charge in [0.05, 0.1) is 14.2 Å². The van der Waals surface area contributed by atoms with Crippen LogP contribution in [0, 0.1) is 0 Å². The highest BCUT2D eigenvalue weighted by molar-refractivity contribution is 7.80. The van der Waals surface area contributed by atoms with Gasteiger partial charge in [0.15, 0.2) is 5.11 Å². The molecule has 2 rings (SSSR count). The smallest absolute Gasteiger partial charge is 0.262 e. The Kier molecular flexibility index (Phi) is 7.83. The molecule has 0 unspecified atom stereocenters. The van der Waals surface area contributed by atoms with Crippen molar-refractivity contribution in [1.29, 1.82) is 0 Å². The van der Waals surface area contributed by atoms with Crippen LogP contribution in [0.3, 0.4) is 0 Å². The number of methoxy groups -OCH3 is 2. The summed E-state index contributed by atoms with van der Waals surface area (Å²) in [6, 6.07) is 13.3. The summed E-state index contributed by atoms with van der Waals surface area (Å²) in [6.45, 7) is 4.28. The highest BCUT2D eigenvalue weighted by atomic mass is 32.1. The lowest BCUT2D eigenvalue weighted by molar-refractivity contribution is -0.116. The fraction of sp³-hybridized carbons (Fsp3) is 0.238. The van der Waals surface area contributed by atoms with Crippen molar-refractivity contribution < 1.29 is 14.3 Å². The van der Waals surface area contributed by atoms with Gasteiger partial charge in [-0.1, -0.05) is 26.0 Å². The molecule has 0 aliphatic heterocycles. The van der Waals surface area contributed by atoms with Crippen molar-refractivity contribution in [3.8, 4) is 11.5 Å². The summed E-state index contributed by atoms with van der Waals surface area (Å²) < 4.78 is 10.5. The first kappa shape index (κ1) is 21.2. The third-order valence-electron chi connectivity index (χ3n) is 3.99. The molecule has 0 saturated carbocycles. The van der Waals surface area contributed by atoms with Gasteiger partial charge in [-0.3, -0.25) is 15.6 Å². The minimum Gasteiger partial charge on any atom is -0.497 e. The summed E-state index contributed by atoms with van der Waals surface area (Å²) in [5, 5.41) is 3.31. The van der Waals surface area contributed by atoms with Gasteiger partial charge < -0.3 is 14.8 Å². The van der Waals surface area contributed by atoms with Gasteiger partial charge in [-0.2, -0.15) is 0 Å². The highest BCUT2D eigenvalue weighted by Crippen LogP contribution is 2.25. The molecule has 0 radical (unpaired) electrons. The fourth-order valence-corrected chi connectivity index (χ4v) is 2.56. The number of thiocarbonyl (C=S) groups is 1. The van der Waals surface area contributed by atoms with Crippen molar-refractivity contribution in [1.82, 2.24) is 10.9 Å². The predicted molar refractivity (Wildman–Crippen MR) is 117 cm³/mol. The highest BCUT2D eigenvalue weighted by Gasteiger charge is 2.04. The Morgan fingerprint density at radius 2 is 1.75 bits per heavy atom.